The fourth-order valence-electron chi connectivity index (χ4n) is 8.08. The van der Waals surface area contributed by atoms with Gasteiger partial charge in [0.05, 0.1) is 42.7 Å². The SMILES string of the molecule is COc1cc2ccccc2c(O[C@@H]2C[C@H]3C(=O)C[C@]4(C(=O)NS(=O)(=O)C5CC5)C[C@H]4/C=C\CC[C@@H](C)C[C@@H](C)[C@H](CC(=O)OC(C)(C)C(C)(F)F)C(=O)N3C2)n1. The maximum Gasteiger partial charge on any atom is 0.307 e. The summed E-state index contributed by atoms with van der Waals surface area (Å²) in [6.45, 7) is 6.67. The molecule has 6 rings (SSSR count). The number of hydrogen-bond acceptors (Lipinski definition) is 10. The molecule has 1 saturated heterocycles. The number of esters is 1. The lowest BCUT2D eigenvalue weighted by Crippen LogP contribution is -2.48. The lowest BCUT2D eigenvalue weighted by Gasteiger charge is -2.34. The van der Waals surface area contributed by atoms with Crippen LogP contribution >= 0.6 is 0 Å². The Labute approximate surface area is 327 Å². The molecule has 0 unspecified atom stereocenters. The highest BCUT2D eigenvalue weighted by Crippen LogP contribution is 2.57. The van der Waals surface area contributed by atoms with Crippen molar-refractivity contribution in [2.75, 3.05) is 13.7 Å². The normalized spacial score (nSPS) is 29.7. The van der Waals surface area contributed by atoms with Crippen molar-refractivity contribution >= 4 is 44.4 Å². The number of alkyl halides is 2. The van der Waals surface area contributed by atoms with E-state index in [4.69, 9.17) is 14.2 Å². The molecule has 3 fully saturated rings. The van der Waals surface area contributed by atoms with Crippen molar-refractivity contribution in [1.82, 2.24) is 14.6 Å². The van der Waals surface area contributed by atoms with E-state index < -0.39 is 86.2 Å². The maximum absolute atomic E-state index is 14.9. The fraction of sp³-hybridized carbons (Fsp3) is 0.634. The second-order valence-corrected chi connectivity index (χ2v) is 18.9. The number of aromatic nitrogens is 1. The standard InChI is InChI=1S/C41H53F2N3O9S/c1-24-11-7-9-13-27-21-41(27,38(50)45-56(51,52)29-15-16-29)22-33(47)32-19-28(54-36-30-14-10-8-12-26(30)18-34(44-36)53-6)23-46(32)37(49)31(25(2)17-24)20-35(48)55-39(3,4)40(5,42)43/h8-10,12-14,18,24-25,27-29,31-32H,7,11,15-17,19-23H2,1-6H3,(H,45,50)/b13-9-/t24-,25-,27-,28-,31+,32+,41-/m1/s1. The molecule has 15 heteroatoms. The molecule has 56 heavy (non-hydrogen) atoms. The fourth-order valence-corrected chi connectivity index (χ4v) is 9.46. The Morgan fingerprint density at radius 3 is 2.46 bits per heavy atom. The van der Waals surface area contributed by atoms with Gasteiger partial charge in [-0.25, -0.2) is 17.2 Å². The number of hydrogen-bond donors (Lipinski definition) is 1. The summed E-state index contributed by atoms with van der Waals surface area (Å²) in [6.07, 6.45) is 5.33. The smallest absolute Gasteiger partial charge is 0.307 e. The number of amides is 2. The molecule has 4 aliphatic rings. The van der Waals surface area contributed by atoms with Crippen LogP contribution in [0.15, 0.2) is 42.5 Å². The molecule has 2 aliphatic carbocycles. The molecule has 0 spiro atoms. The molecule has 0 bridgehead atoms. The first-order valence-corrected chi connectivity index (χ1v) is 21.1. The zero-order valence-corrected chi connectivity index (χ0v) is 33.7. The number of carbonyl (C=O) groups is 4. The van der Waals surface area contributed by atoms with Gasteiger partial charge in [0.25, 0.3) is 5.92 Å². The summed E-state index contributed by atoms with van der Waals surface area (Å²) in [6, 6.07) is 8.02. The maximum atomic E-state index is 14.9. The van der Waals surface area contributed by atoms with E-state index in [0.717, 1.165) is 19.2 Å². The number of sulfonamides is 1. The van der Waals surface area contributed by atoms with Crippen LogP contribution in [0.2, 0.25) is 0 Å². The second kappa shape index (κ2) is 15.7. The van der Waals surface area contributed by atoms with E-state index in [1.165, 1.54) is 12.0 Å². The van der Waals surface area contributed by atoms with Gasteiger partial charge in [-0.1, -0.05) is 44.2 Å². The zero-order chi connectivity index (χ0) is 40.8. The molecule has 2 saturated carbocycles. The van der Waals surface area contributed by atoms with Gasteiger partial charge >= 0.3 is 5.97 Å². The van der Waals surface area contributed by atoms with Gasteiger partial charge in [-0.15, -0.1) is 0 Å². The predicted molar refractivity (Wildman–Crippen MR) is 203 cm³/mol. The summed E-state index contributed by atoms with van der Waals surface area (Å²) >= 11 is 0. The molecule has 12 nitrogen and oxygen atoms in total. The monoisotopic (exact) mass is 801 g/mol. The molecule has 7 atom stereocenters. The van der Waals surface area contributed by atoms with Crippen molar-refractivity contribution in [2.45, 2.75) is 121 Å². The van der Waals surface area contributed by atoms with Crippen molar-refractivity contribution in [1.29, 1.82) is 0 Å². The number of Topliss-reactive ketones (excluding diaryl/α,β-unsaturated/α-hetero) is 1. The topological polar surface area (TPSA) is 158 Å². The van der Waals surface area contributed by atoms with Gasteiger partial charge in [0, 0.05) is 31.2 Å². The van der Waals surface area contributed by atoms with Crippen LogP contribution in [0, 0.1) is 29.1 Å². The van der Waals surface area contributed by atoms with Gasteiger partial charge < -0.3 is 19.1 Å². The number of fused-ring (bicyclic) bond motifs is 3. The van der Waals surface area contributed by atoms with Crippen LogP contribution in [-0.4, -0.2) is 84.4 Å². The number of carbonyl (C=O) groups excluding carboxylic acids is 4. The van der Waals surface area contributed by atoms with E-state index in [2.05, 4.69) is 9.71 Å². The average Bonchev–Trinajstić information content (AvgIpc) is 4.04. The molecule has 2 aliphatic heterocycles. The van der Waals surface area contributed by atoms with Gasteiger partial charge in [0.15, 0.2) is 11.4 Å². The molecule has 1 aromatic carbocycles. The first kappa shape index (κ1) is 41.5. The van der Waals surface area contributed by atoms with Gasteiger partial charge in [0.1, 0.15) is 6.10 Å². The largest absolute Gasteiger partial charge is 0.481 e. The van der Waals surface area contributed by atoms with Crippen molar-refractivity contribution in [3.8, 4) is 11.8 Å². The predicted octanol–water partition coefficient (Wildman–Crippen LogP) is 6.16. The van der Waals surface area contributed by atoms with E-state index >= 15 is 0 Å². The van der Waals surface area contributed by atoms with Crippen molar-refractivity contribution in [3.63, 3.8) is 0 Å². The van der Waals surface area contributed by atoms with Crippen LogP contribution in [0.4, 0.5) is 8.78 Å². The van der Waals surface area contributed by atoms with E-state index in [-0.39, 0.29) is 43.5 Å². The van der Waals surface area contributed by atoms with Crippen molar-refractivity contribution in [3.05, 3.63) is 42.5 Å². The van der Waals surface area contributed by atoms with Gasteiger partial charge in [0.2, 0.25) is 33.6 Å². The third kappa shape index (κ3) is 8.87. The van der Waals surface area contributed by atoms with Crippen LogP contribution in [0.3, 0.4) is 0 Å². The van der Waals surface area contributed by atoms with E-state index in [0.29, 0.717) is 50.3 Å². The lowest BCUT2D eigenvalue weighted by molar-refractivity contribution is -0.197. The van der Waals surface area contributed by atoms with E-state index in [9.17, 15) is 36.4 Å². The third-order valence-corrected chi connectivity index (χ3v) is 14.0. The summed E-state index contributed by atoms with van der Waals surface area (Å²) in [5.74, 6) is -7.28. The quantitative estimate of drug-likeness (QED) is 0.218. The molecule has 0 radical (unpaired) electrons. The molecule has 3 heterocycles. The van der Waals surface area contributed by atoms with Crippen LogP contribution < -0.4 is 14.2 Å². The Bertz CT molecular complexity index is 2000. The highest BCUT2D eigenvalue weighted by atomic mass is 32.2. The Morgan fingerprint density at radius 2 is 1.79 bits per heavy atom. The minimum Gasteiger partial charge on any atom is -0.481 e. The van der Waals surface area contributed by atoms with Crippen LogP contribution in [0.1, 0.15) is 92.4 Å². The van der Waals surface area contributed by atoms with Gasteiger partial charge in [-0.3, -0.25) is 23.9 Å². The summed E-state index contributed by atoms with van der Waals surface area (Å²) in [4.78, 5) is 62.6. The zero-order valence-electron chi connectivity index (χ0n) is 32.9. The molecular weight excluding hydrogens is 749 g/mol. The number of allylic oxidation sites excluding steroid dienone is 2. The number of rotatable bonds is 10. The number of halogens is 2. The first-order valence-electron chi connectivity index (χ1n) is 19.5. The Balaban J connectivity index is 1.36. The highest BCUT2D eigenvalue weighted by Gasteiger charge is 2.62. The van der Waals surface area contributed by atoms with E-state index in [1.807, 2.05) is 50.3 Å². The number of pyridine rings is 1. The third-order valence-electron chi connectivity index (χ3n) is 12.1. The average molecular weight is 802 g/mol. The highest BCUT2D eigenvalue weighted by molar-refractivity contribution is 7.90. The summed E-state index contributed by atoms with van der Waals surface area (Å²) in [5, 5.41) is 0.824. The van der Waals surface area contributed by atoms with E-state index in [1.54, 1.807) is 6.07 Å². The molecule has 1 N–H and O–H groups in total. The minimum atomic E-state index is -3.91. The molecule has 2 amide bonds. The minimum absolute atomic E-state index is 0.0212. The summed E-state index contributed by atoms with van der Waals surface area (Å²) < 4.78 is 74.1. The number of nitrogens with one attached hydrogen (secondary N) is 1. The van der Waals surface area contributed by atoms with Crippen LogP contribution in [0.25, 0.3) is 10.8 Å². The molecule has 306 valence electrons. The molecular formula is C41H53F2N3O9S. The summed E-state index contributed by atoms with van der Waals surface area (Å²) in [7, 11) is -2.43. The lowest BCUT2D eigenvalue weighted by atomic mass is 9.82. The Morgan fingerprint density at radius 1 is 1.07 bits per heavy atom. The first-order chi connectivity index (χ1) is 26.2. The van der Waals surface area contributed by atoms with Crippen molar-refractivity contribution < 1.29 is 50.6 Å². The number of methoxy groups -OCH3 is 1. The number of ketones is 1. The number of nitrogens with zero attached hydrogens (tertiary/aromatic N) is 2. The number of benzene rings is 1. The van der Waals surface area contributed by atoms with Crippen LogP contribution in [-0.2, 0) is 33.9 Å². The molecule has 2 aromatic rings. The molecule has 1 aromatic heterocycles. The summed E-state index contributed by atoms with van der Waals surface area (Å²) in [5.41, 5.74) is -3.47. The van der Waals surface area contributed by atoms with Gasteiger partial charge in [-0.2, -0.15) is 4.98 Å². The van der Waals surface area contributed by atoms with Gasteiger partial charge in [-0.05, 0) is 81.6 Å². The van der Waals surface area contributed by atoms with Crippen LogP contribution in [0.5, 0.6) is 11.8 Å². The Kier molecular flexibility index (Phi) is 11.6. The number of ether oxygens (including phenoxy) is 3. The second-order valence-electron chi connectivity index (χ2n) is 17.0. The Hall–Kier alpha value is -4.14. The van der Waals surface area contributed by atoms with Crippen molar-refractivity contribution in [2.24, 2.45) is 29.1 Å².